The predicted octanol–water partition coefficient (Wildman–Crippen LogP) is -0.0946. The van der Waals surface area contributed by atoms with Crippen LogP contribution in [0.15, 0.2) is 11.0 Å². The summed E-state index contributed by atoms with van der Waals surface area (Å²) in [7, 11) is 5.53. The highest BCUT2D eigenvalue weighted by atomic mass is 16.1. The van der Waals surface area contributed by atoms with E-state index in [1.807, 2.05) is 19.0 Å². The van der Waals surface area contributed by atoms with Crippen molar-refractivity contribution < 1.29 is 0 Å². The first-order chi connectivity index (χ1) is 7.50. The Labute approximate surface area is 92.7 Å². The van der Waals surface area contributed by atoms with Crippen LogP contribution in [-0.4, -0.2) is 33.5 Å². The number of hydrogen-bond donors (Lipinski definition) is 2. The predicted molar refractivity (Wildman–Crippen MR) is 63.1 cm³/mol. The van der Waals surface area contributed by atoms with Gasteiger partial charge in [0.1, 0.15) is 5.65 Å². The molecule has 0 amide bonds. The fourth-order valence-corrected chi connectivity index (χ4v) is 1.71. The molecular formula is C10H15N5O. The number of hydrogen-bond acceptors (Lipinski definition) is 4. The third-order valence-electron chi connectivity index (χ3n) is 2.52. The quantitative estimate of drug-likeness (QED) is 0.742. The summed E-state index contributed by atoms with van der Waals surface area (Å²) in [6, 6.07) is 0. The lowest BCUT2D eigenvalue weighted by Gasteiger charge is -2.08. The normalized spacial score (nSPS) is 11.5. The number of aromatic nitrogens is 3. The van der Waals surface area contributed by atoms with Crippen LogP contribution in [0.2, 0.25) is 0 Å². The molecule has 0 aliphatic rings. The standard InChI is InChI=1S/C10H15N5O/c1-14(2)5-6-4-12-8-7(6)9(16)15(3)10(11)13-8/h4,12H,5H2,1-3H3,(H2,11,13). The van der Waals surface area contributed by atoms with Crippen LogP contribution in [0, 0.1) is 0 Å². The van der Waals surface area contributed by atoms with E-state index in [1.165, 1.54) is 4.57 Å². The molecule has 0 atom stereocenters. The molecule has 0 aliphatic carbocycles. The maximum Gasteiger partial charge on any atom is 0.264 e. The van der Waals surface area contributed by atoms with Crippen molar-refractivity contribution in [3.8, 4) is 0 Å². The lowest BCUT2D eigenvalue weighted by Crippen LogP contribution is -2.22. The van der Waals surface area contributed by atoms with Crippen molar-refractivity contribution in [3.05, 3.63) is 22.1 Å². The van der Waals surface area contributed by atoms with E-state index in [9.17, 15) is 4.79 Å². The lowest BCUT2D eigenvalue weighted by atomic mass is 10.2. The number of anilines is 1. The third-order valence-corrected chi connectivity index (χ3v) is 2.52. The Bertz CT molecular complexity index is 581. The molecule has 3 N–H and O–H groups in total. The van der Waals surface area contributed by atoms with Gasteiger partial charge in [0.2, 0.25) is 5.95 Å². The zero-order valence-electron chi connectivity index (χ0n) is 9.61. The highest BCUT2D eigenvalue weighted by Crippen LogP contribution is 2.14. The van der Waals surface area contributed by atoms with Crippen molar-refractivity contribution in [2.45, 2.75) is 6.54 Å². The van der Waals surface area contributed by atoms with Crippen LogP contribution in [0.5, 0.6) is 0 Å². The fourth-order valence-electron chi connectivity index (χ4n) is 1.71. The van der Waals surface area contributed by atoms with E-state index in [4.69, 9.17) is 5.73 Å². The van der Waals surface area contributed by atoms with Gasteiger partial charge in [0.25, 0.3) is 5.56 Å². The molecule has 0 radical (unpaired) electrons. The Morgan fingerprint density at radius 2 is 2.25 bits per heavy atom. The maximum absolute atomic E-state index is 12.0. The first kappa shape index (κ1) is 10.7. The van der Waals surface area contributed by atoms with Crippen LogP contribution in [0.25, 0.3) is 11.0 Å². The average Bonchev–Trinajstić information content (AvgIpc) is 2.57. The number of nitrogens with one attached hydrogen (secondary N) is 1. The van der Waals surface area contributed by atoms with Gasteiger partial charge in [0.15, 0.2) is 0 Å². The Kier molecular flexibility index (Phi) is 2.43. The SMILES string of the molecule is CN(C)Cc1c[nH]c2nc(N)n(C)c(=O)c12. The molecule has 0 fully saturated rings. The van der Waals surface area contributed by atoms with E-state index < -0.39 is 0 Å². The van der Waals surface area contributed by atoms with Crippen LogP contribution in [0.3, 0.4) is 0 Å². The molecule has 86 valence electrons. The molecule has 6 nitrogen and oxygen atoms in total. The summed E-state index contributed by atoms with van der Waals surface area (Å²) in [6.07, 6.45) is 1.80. The first-order valence-corrected chi connectivity index (χ1v) is 4.98. The van der Waals surface area contributed by atoms with Crippen molar-refractivity contribution >= 4 is 17.0 Å². The van der Waals surface area contributed by atoms with E-state index in [2.05, 4.69) is 9.97 Å². The number of fused-ring (bicyclic) bond motifs is 1. The molecule has 2 heterocycles. The number of nitrogens with zero attached hydrogens (tertiary/aromatic N) is 3. The van der Waals surface area contributed by atoms with Crippen LogP contribution in [-0.2, 0) is 13.6 Å². The van der Waals surface area contributed by atoms with Crippen LogP contribution >= 0.6 is 0 Å². The minimum absolute atomic E-state index is 0.111. The summed E-state index contributed by atoms with van der Waals surface area (Å²) in [6.45, 7) is 0.695. The minimum Gasteiger partial charge on any atom is -0.369 e. The highest BCUT2D eigenvalue weighted by Gasteiger charge is 2.12. The summed E-state index contributed by atoms with van der Waals surface area (Å²) in [4.78, 5) is 21.1. The van der Waals surface area contributed by atoms with E-state index in [0.29, 0.717) is 17.6 Å². The molecule has 0 unspecified atom stereocenters. The molecule has 0 aliphatic heterocycles. The zero-order valence-corrected chi connectivity index (χ0v) is 9.61. The smallest absolute Gasteiger partial charge is 0.264 e. The summed E-state index contributed by atoms with van der Waals surface area (Å²) < 4.78 is 1.36. The van der Waals surface area contributed by atoms with Gasteiger partial charge in [-0.25, -0.2) is 0 Å². The van der Waals surface area contributed by atoms with Crippen molar-refractivity contribution in [1.29, 1.82) is 0 Å². The molecule has 0 spiro atoms. The van der Waals surface area contributed by atoms with Crippen molar-refractivity contribution in [2.24, 2.45) is 7.05 Å². The first-order valence-electron chi connectivity index (χ1n) is 4.98. The van der Waals surface area contributed by atoms with Gasteiger partial charge in [-0.2, -0.15) is 4.98 Å². The molecule has 2 aromatic rings. The molecule has 2 rings (SSSR count). The molecule has 0 aromatic carbocycles. The van der Waals surface area contributed by atoms with Gasteiger partial charge in [-0.05, 0) is 19.7 Å². The molecule has 0 bridgehead atoms. The lowest BCUT2D eigenvalue weighted by molar-refractivity contribution is 0.404. The molecule has 2 aromatic heterocycles. The molecule has 16 heavy (non-hydrogen) atoms. The number of rotatable bonds is 2. The third kappa shape index (κ3) is 1.57. The van der Waals surface area contributed by atoms with Crippen LogP contribution < -0.4 is 11.3 Å². The second-order valence-corrected chi connectivity index (χ2v) is 4.11. The van der Waals surface area contributed by atoms with E-state index in [1.54, 1.807) is 13.2 Å². The second kappa shape index (κ2) is 3.64. The zero-order chi connectivity index (χ0) is 11.9. The van der Waals surface area contributed by atoms with Gasteiger partial charge in [-0.3, -0.25) is 9.36 Å². The molecule has 6 heteroatoms. The topological polar surface area (TPSA) is 79.9 Å². The Balaban J connectivity index is 2.72. The number of H-pyrrole nitrogens is 1. The minimum atomic E-state index is -0.111. The van der Waals surface area contributed by atoms with Gasteiger partial charge < -0.3 is 15.6 Å². The van der Waals surface area contributed by atoms with Crippen molar-refractivity contribution in [3.63, 3.8) is 0 Å². The van der Waals surface area contributed by atoms with Crippen LogP contribution in [0.1, 0.15) is 5.56 Å². The molecule has 0 saturated carbocycles. The van der Waals surface area contributed by atoms with Gasteiger partial charge in [-0.15, -0.1) is 0 Å². The molecular weight excluding hydrogens is 206 g/mol. The number of aromatic amines is 1. The van der Waals surface area contributed by atoms with Crippen molar-refractivity contribution in [2.75, 3.05) is 19.8 Å². The van der Waals surface area contributed by atoms with Gasteiger partial charge in [-0.1, -0.05) is 0 Å². The van der Waals surface area contributed by atoms with E-state index in [-0.39, 0.29) is 11.5 Å². The second-order valence-electron chi connectivity index (χ2n) is 4.11. The van der Waals surface area contributed by atoms with Gasteiger partial charge >= 0.3 is 0 Å². The average molecular weight is 221 g/mol. The Hall–Kier alpha value is -1.82. The molecule has 0 saturated heterocycles. The largest absolute Gasteiger partial charge is 0.369 e. The highest BCUT2D eigenvalue weighted by molar-refractivity contribution is 5.79. The van der Waals surface area contributed by atoms with E-state index >= 15 is 0 Å². The monoisotopic (exact) mass is 221 g/mol. The summed E-state index contributed by atoms with van der Waals surface area (Å²) in [5.74, 6) is 0.218. The Morgan fingerprint density at radius 1 is 1.56 bits per heavy atom. The number of nitrogens with two attached hydrogens (primary N) is 1. The Morgan fingerprint density at radius 3 is 2.88 bits per heavy atom. The van der Waals surface area contributed by atoms with Crippen LogP contribution in [0.4, 0.5) is 5.95 Å². The van der Waals surface area contributed by atoms with E-state index in [0.717, 1.165) is 5.56 Å². The summed E-state index contributed by atoms with van der Waals surface area (Å²) >= 11 is 0. The van der Waals surface area contributed by atoms with Gasteiger partial charge in [0, 0.05) is 19.8 Å². The summed E-state index contributed by atoms with van der Waals surface area (Å²) in [5, 5.41) is 0.616. The fraction of sp³-hybridized carbons (Fsp3) is 0.400. The van der Waals surface area contributed by atoms with Crippen molar-refractivity contribution in [1.82, 2.24) is 19.4 Å². The van der Waals surface area contributed by atoms with Gasteiger partial charge in [0.05, 0.1) is 5.39 Å². The maximum atomic E-state index is 12.0. The summed E-state index contributed by atoms with van der Waals surface area (Å²) in [5.41, 5.74) is 7.00. The number of nitrogen functional groups attached to an aromatic ring is 1.